The van der Waals surface area contributed by atoms with Gasteiger partial charge in [-0.3, -0.25) is 0 Å². The number of nitrogens with zero attached hydrogens (tertiary/aromatic N) is 1. The third-order valence-corrected chi connectivity index (χ3v) is 3.54. The molecule has 0 unspecified atom stereocenters. The highest BCUT2D eigenvalue weighted by atomic mass is 19.1. The fraction of sp³-hybridized carbons (Fsp3) is 0.105. The van der Waals surface area contributed by atoms with Gasteiger partial charge in [-0.1, -0.05) is 60.7 Å². The summed E-state index contributed by atoms with van der Waals surface area (Å²) in [4.78, 5) is 4.03. The first kappa shape index (κ1) is 15.9. The minimum Gasteiger partial charge on any atom is -0.363 e. The second-order valence-corrected chi connectivity index (χ2v) is 5.33. The second-order valence-electron chi connectivity index (χ2n) is 5.33. The normalized spacial score (nSPS) is 10.4. The van der Waals surface area contributed by atoms with E-state index in [-0.39, 0.29) is 11.6 Å². The monoisotopic (exact) mass is 325 g/mol. The standard InChI is InChI=1S/C19H17F2N3/c20-16-11-17(21)19(23-13-15-9-5-2-6-10-15)24-18(16)22-12-14-7-3-1-4-8-14/h1-11H,12-13H2,(H2,22,23,24). The smallest absolute Gasteiger partial charge is 0.168 e. The van der Waals surface area contributed by atoms with Gasteiger partial charge in [0.05, 0.1) is 0 Å². The fourth-order valence-corrected chi connectivity index (χ4v) is 2.28. The lowest BCUT2D eigenvalue weighted by Gasteiger charge is -2.11. The number of hydrogen-bond acceptors (Lipinski definition) is 3. The van der Waals surface area contributed by atoms with Gasteiger partial charge < -0.3 is 10.6 Å². The van der Waals surface area contributed by atoms with Crippen LogP contribution in [0.5, 0.6) is 0 Å². The van der Waals surface area contributed by atoms with E-state index in [2.05, 4.69) is 15.6 Å². The quantitative estimate of drug-likeness (QED) is 0.696. The van der Waals surface area contributed by atoms with Crippen molar-refractivity contribution in [1.82, 2.24) is 4.98 Å². The summed E-state index contributed by atoms with van der Waals surface area (Å²) in [7, 11) is 0. The number of hydrogen-bond donors (Lipinski definition) is 2. The minimum absolute atomic E-state index is 0.0239. The van der Waals surface area contributed by atoms with Crippen molar-refractivity contribution in [2.75, 3.05) is 10.6 Å². The van der Waals surface area contributed by atoms with Crippen molar-refractivity contribution < 1.29 is 8.78 Å². The van der Waals surface area contributed by atoms with Gasteiger partial charge >= 0.3 is 0 Å². The Morgan fingerprint density at radius 2 is 1.08 bits per heavy atom. The Morgan fingerprint density at radius 3 is 1.50 bits per heavy atom. The van der Waals surface area contributed by atoms with Crippen molar-refractivity contribution >= 4 is 11.6 Å². The molecule has 3 rings (SSSR count). The molecule has 122 valence electrons. The van der Waals surface area contributed by atoms with Gasteiger partial charge in [-0.05, 0) is 11.1 Å². The predicted octanol–water partition coefficient (Wildman–Crippen LogP) is 4.58. The first-order chi connectivity index (χ1) is 11.7. The number of aromatic nitrogens is 1. The van der Waals surface area contributed by atoms with Gasteiger partial charge in [-0.25, -0.2) is 13.8 Å². The molecule has 0 bridgehead atoms. The maximum Gasteiger partial charge on any atom is 0.168 e. The summed E-state index contributed by atoms with van der Waals surface area (Å²) in [5.74, 6) is -1.38. The second kappa shape index (κ2) is 7.55. The zero-order valence-electron chi connectivity index (χ0n) is 13.0. The van der Waals surface area contributed by atoms with E-state index >= 15 is 0 Å². The van der Waals surface area contributed by atoms with Crippen LogP contribution in [0.2, 0.25) is 0 Å². The van der Waals surface area contributed by atoms with E-state index in [0.29, 0.717) is 13.1 Å². The third-order valence-electron chi connectivity index (χ3n) is 3.54. The topological polar surface area (TPSA) is 37.0 Å². The van der Waals surface area contributed by atoms with Crippen molar-refractivity contribution in [1.29, 1.82) is 0 Å². The van der Waals surface area contributed by atoms with Gasteiger partial charge in [0.25, 0.3) is 0 Å². The van der Waals surface area contributed by atoms with E-state index in [1.165, 1.54) is 0 Å². The fourth-order valence-electron chi connectivity index (χ4n) is 2.28. The van der Waals surface area contributed by atoms with Crippen LogP contribution in [0.3, 0.4) is 0 Å². The van der Waals surface area contributed by atoms with Crippen LogP contribution in [-0.4, -0.2) is 4.98 Å². The number of benzene rings is 2. The predicted molar refractivity (Wildman–Crippen MR) is 91.7 cm³/mol. The Morgan fingerprint density at radius 1 is 0.667 bits per heavy atom. The molecule has 2 aromatic carbocycles. The summed E-state index contributed by atoms with van der Waals surface area (Å²) >= 11 is 0. The lowest BCUT2D eigenvalue weighted by molar-refractivity contribution is 0.578. The highest BCUT2D eigenvalue weighted by Gasteiger charge is 2.11. The van der Waals surface area contributed by atoms with Crippen LogP contribution in [0.1, 0.15) is 11.1 Å². The van der Waals surface area contributed by atoms with Crippen LogP contribution in [0, 0.1) is 11.6 Å². The molecule has 1 heterocycles. The molecule has 0 aliphatic carbocycles. The number of anilines is 2. The first-order valence-corrected chi connectivity index (χ1v) is 7.64. The van der Waals surface area contributed by atoms with Crippen LogP contribution in [0.4, 0.5) is 20.4 Å². The number of pyridine rings is 1. The maximum absolute atomic E-state index is 13.9. The van der Waals surface area contributed by atoms with Crippen LogP contribution >= 0.6 is 0 Å². The van der Waals surface area contributed by atoms with Gasteiger partial charge in [0, 0.05) is 19.2 Å². The average molecular weight is 325 g/mol. The molecule has 24 heavy (non-hydrogen) atoms. The summed E-state index contributed by atoms with van der Waals surface area (Å²) in [6, 6.07) is 19.9. The number of nitrogens with one attached hydrogen (secondary N) is 2. The van der Waals surface area contributed by atoms with Gasteiger partial charge in [0.1, 0.15) is 0 Å². The lowest BCUT2D eigenvalue weighted by atomic mass is 10.2. The Kier molecular flexibility index (Phi) is 5.01. The van der Waals surface area contributed by atoms with Gasteiger partial charge in [0.2, 0.25) is 0 Å². The zero-order chi connectivity index (χ0) is 16.8. The molecular weight excluding hydrogens is 308 g/mol. The Bertz CT molecular complexity index is 728. The minimum atomic E-state index is -0.714. The molecule has 2 N–H and O–H groups in total. The van der Waals surface area contributed by atoms with Crippen molar-refractivity contribution in [3.63, 3.8) is 0 Å². The molecule has 0 aliphatic heterocycles. The molecule has 0 amide bonds. The summed E-state index contributed by atoms with van der Waals surface area (Å²) in [6.45, 7) is 0.822. The van der Waals surface area contributed by atoms with Gasteiger partial charge in [-0.2, -0.15) is 0 Å². The summed E-state index contributed by atoms with van der Waals surface area (Å²) in [5.41, 5.74) is 1.98. The van der Waals surface area contributed by atoms with Crippen LogP contribution in [0.25, 0.3) is 0 Å². The zero-order valence-corrected chi connectivity index (χ0v) is 13.0. The Balaban J connectivity index is 1.71. The Hall–Kier alpha value is -2.95. The molecule has 0 spiro atoms. The van der Waals surface area contributed by atoms with E-state index in [1.54, 1.807) is 0 Å². The number of rotatable bonds is 6. The molecule has 0 atom stereocenters. The van der Waals surface area contributed by atoms with E-state index in [9.17, 15) is 8.78 Å². The average Bonchev–Trinajstić information content (AvgIpc) is 2.62. The molecule has 0 radical (unpaired) electrons. The van der Waals surface area contributed by atoms with E-state index in [4.69, 9.17) is 0 Å². The first-order valence-electron chi connectivity index (χ1n) is 7.64. The molecule has 0 saturated heterocycles. The van der Waals surface area contributed by atoms with Gasteiger partial charge in [-0.15, -0.1) is 0 Å². The molecule has 0 fully saturated rings. The summed E-state index contributed by atoms with van der Waals surface area (Å²) < 4.78 is 27.8. The van der Waals surface area contributed by atoms with Crippen LogP contribution in [0.15, 0.2) is 66.7 Å². The summed E-state index contributed by atoms with van der Waals surface area (Å²) in [6.07, 6.45) is 0. The molecular formula is C19H17F2N3. The van der Waals surface area contributed by atoms with E-state index < -0.39 is 11.6 Å². The third kappa shape index (κ3) is 4.07. The molecule has 0 saturated carbocycles. The highest BCUT2D eigenvalue weighted by Crippen LogP contribution is 2.20. The SMILES string of the molecule is Fc1cc(F)c(NCc2ccccc2)nc1NCc1ccccc1. The maximum atomic E-state index is 13.9. The lowest BCUT2D eigenvalue weighted by Crippen LogP contribution is -2.09. The van der Waals surface area contributed by atoms with Crippen LogP contribution in [-0.2, 0) is 13.1 Å². The van der Waals surface area contributed by atoms with Crippen molar-refractivity contribution in [2.24, 2.45) is 0 Å². The molecule has 1 aromatic heterocycles. The largest absolute Gasteiger partial charge is 0.363 e. The number of halogens is 2. The van der Waals surface area contributed by atoms with E-state index in [0.717, 1.165) is 17.2 Å². The van der Waals surface area contributed by atoms with Gasteiger partial charge in [0.15, 0.2) is 23.3 Å². The van der Waals surface area contributed by atoms with Crippen molar-refractivity contribution in [2.45, 2.75) is 13.1 Å². The summed E-state index contributed by atoms with van der Waals surface area (Å²) in [5, 5.41) is 5.80. The molecule has 0 aliphatic rings. The van der Waals surface area contributed by atoms with Crippen molar-refractivity contribution in [3.8, 4) is 0 Å². The Labute approximate surface area is 139 Å². The molecule has 5 heteroatoms. The van der Waals surface area contributed by atoms with Crippen molar-refractivity contribution in [3.05, 3.63) is 89.5 Å². The molecule has 3 aromatic rings. The van der Waals surface area contributed by atoms with Crippen LogP contribution < -0.4 is 10.6 Å². The van der Waals surface area contributed by atoms with E-state index in [1.807, 2.05) is 60.7 Å². The molecule has 3 nitrogen and oxygen atoms in total. The highest BCUT2D eigenvalue weighted by molar-refractivity contribution is 5.48.